The second kappa shape index (κ2) is 8.22. The lowest BCUT2D eigenvalue weighted by Crippen LogP contribution is -2.40. The van der Waals surface area contributed by atoms with Crippen molar-refractivity contribution < 1.29 is 9.53 Å². The maximum atomic E-state index is 12.1. The van der Waals surface area contributed by atoms with Gasteiger partial charge in [-0.15, -0.1) is 0 Å². The van der Waals surface area contributed by atoms with Crippen LogP contribution in [0.2, 0.25) is 0 Å². The molecule has 0 bridgehead atoms. The van der Waals surface area contributed by atoms with Crippen LogP contribution in [0.5, 0.6) is 5.75 Å². The highest BCUT2D eigenvalue weighted by molar-refractivity contribution is 5.80. The first-order chi connectivity index (χ1) is 11.1. The SMILES string of the molecule is Cc1ccccc1OC(C)C(=O)NCCN(C)c1ccccc1. The van der Waals surface area contributed by atoms with Crippen LogP contribution in [0.1, 0.15) is 12.5 Å². The molecule has 1 N–H and O–H groups in total. The summed E-state index contributed by atoms with van der Waals surface area (Å²) in [6.07, 6.45) is -0.516. The highest BCUT2D eigenvalue weighted by Crippen LogP contribution is 2.17. The van der Waals surface area contributed by atoms with Gasteiger partial charge >= 0.3 is 0 Å². The number of nitrogens with zero attached hydrogens (tertiary/aromatic N) is 1. The van der Waals surface area contributed by atoms with Crippen LogP contribution in [0.15, 0.2) is 54.6 Å². The summed E-state index contributed by atoms with van der Waals surface area (Å²) in [5, 5.41) is 2.92. The summed E-state index contributed by atoms with van der Waals surface area (Å²) in [6, 6.07) is 17.8. The highest BCUT2D eigenvalue weighted by Gasteiger charge is 2.15. The molecule has 0 saturated carbocycles. The Balaban J connectivity index is 1.77. The normalized spacial score (nSPS) is 11.6. The van der Waals surface area contributed by atoms with Gasteiger partial charge in [0.15, 0.2) is 6.10 Å². The van der Waals surface area contributed by atoms with E-state index in [2.05, 4.69) is 10.2 Å². The number of hydrogen-bond donors (Lipinski definition) is 1. The zero-order valence-corrected chi connectivity index (χ0v) is 14.0. The standard InChI is InChI=1S/C19H24N2O2/c1-15-9-7-8-12-18(15)23-16(2)19(22)20-13-14-21(3)17-10-5-4-6-11-17/h4-12,16H,13-14H2,1-3H3,(H,20,22). The van der Waals surface area contributed by atoms with Crippen molar-refractivity contribution in [3.63, 3.8) is 0 Å². The molecule has 2 aromatic carbocycles. The molecule has 1 amide bonds. The third kappa shape index (κ3) is 5.02. The van der Waals surface area contributed by atoms with Gasteiger partial charge in [-0.3, -0.25) is 4.79 Å². The Labute approximate surface area is 138 Å². The number of amides is 1. The molecule has 0 fully saturated rings. The largest absolute Gasteiger partial charge is 0.481 e. The lowest BCUT2D eigenvalue weighted by Gasteiger charge is -2.20. The van der Waals surface area contributed by atoms with Crippen molar-refractivity contribution in [1.29, 1.82) is 0 Å². The van der Waals surface area contributed by atoms with E-state index in [9.17, 15) is 4.79 Å². The van der Waals surface area contributed by atoms with Crippen molar-refractivity contribution in [3.8, 4) is 5.75 Å². The highest BCUT2D eigenvalue weighted by atomic mass is 16.5. The lowest BCUT2D eigenvalue weighted by molar-refractivity contribution is -0.127. The quantitative estimate of drug-likeness (QED) is 0.854. The number of aryl methyl sites for hydroxylation is 1. The molecule has 1 atom stereocenters. The number of hydrogen-bond acceptors (Lipinski definition) is 3. The fraction of sp³-hybridized carbons (Fsp3) is 0.316. The summed E-state index contributed by atoms with van der Waals surface area (Å²) in [5.74, 6) is 0.645. The number of ether oxygens (including phenoxy) is 1. The van der Waals surface area contributed by atoms with E-state index >= 15 is 0 Å². The Morgan fingerprint density at radius 3 is 2.48 bits per heavy atom. The molecule has 4 nitrogen and oxygen atoms in total. The Morgan fingerprint density at radius 1 is 1.13 bits per heavy atom. The zero-order valence-electron chi connectivity index (χ0n) is 14.0. The molecule has 2 aromatic rings. The molecular weight excluding hydrogens is 288 g/mol. The molecule has 0 aliphatic rings. The molecule has 4 heteroatoms. The molecular formula is C19H24N2O2. The summed E-state index contributed by atoms with van der Waals surface area (Å²) >= 11 is 0. The molecule has 1 unspecified atom stereocenters. The number of para-hydroxylation sites is 2. The maximum absolute atomic E-state index is 12.1. The van der Waals surface area contributed by atoms with Gasteiger partial charge in [-0.25, -0.2) is 0 Å². The van der Waals surface area contributed by atoms with E-state index in [1.54, 1.807) is 6.92 Å². The van der Waals surface area contributed by atoms with Crippen LogP contribution in [-0.4, -0.2) is 32.1 Å². The Bertz CT molecular complexity index is 628. The zero-order chi connectivity index (χ0) is 16.7. The van der Waals surface area contributed by atoms with E-state index in [1.165, 1.54) is 0 Å². The number of carbonyl (C=O) groups is 1. The van der Waals surface area contributed by atoms with Crippen molar-refractivity contribution in [2.24, 2.45) is 0 Å². The third-order valence-electron chi connectivity index (χ3n) is 3.71. The van der Waals surface area contributed by atoms with E-state index in [0.29, 0.717) is 6.54 Å². The molecule has 0 aromatic heterocycles. The molecule has 122 valence electrons. The topological polar surface area (TPSA) is 41.6 Å². The summed E-state index contributed by atoms with van der Waals surface area (Å²) in [5.41, 5.74) is 2.15. The van der Waals surface area contributed by atoms with Crippen molar-refractivity contribution >= 4 is 11.6 Å². The van der Waals surface area contributed by atoms with Gasteiger partial charge in [0, 0.05) is 25.8 Å². The number of carbonyl (C=O) groups excluding carboxylic acids is 1. The first-order valence-corrected chi connectivity index (χ1v) is 7.84. The minimum Gasteiger partial charge on any atom is -0.481 e. The van der Waals surface area contributed by atoms with E-state index in [-0.39, 0.29) is 5.91 Å². The van der Waals surface area contributed by atoms with Crippen molar-refractivity contribution in [2.75, 3.05) is 25.0 Å². The molecule has 0 spiro atoms. The van der Waals surface area contributed by atoms with Gasteiger partial charge in [0.1, 0.15) is 5.75 Å². The van der Waals surface area contributed by atoms with Crippen molar-refractivity contribution in [3.05, 3.63) is 60.2 Å². The average molecular weight is 312 g/mol. The van der Waals surface area contributed by atoms with Crippen molar-refractivity contribution in [1.82, 2.24) is 5.32 Å². The number of rotatable bonds is 7. The van der Waals surface area contributed by atoms with Gasteiger partial charge in [-0.05, 0) is 37.6 Å². The smallest absolute Gasteiger partial charge is 0.260 e. The molecule has 0 aliphatic heterocycles. The minimum absolute atomic E-state index is 0.102. The van der Waals surface area contributed by atoms with Gasteiger partial charge in [0.2, 0.25) is 0 Å². The van der Waals surface area contributed by atoms with Crippen LogP contribution in [0.3, 0.4) is 0 Å². The predicted molar refractivity (Wildman–Crippen MR) is 94.0 cm³/mol. The van der Waals surface area contributed by atoms with E-state index in [4.69, 9.17) is 4.74 Å². The Hall–Kier alpha value is -2.49. The second-order valence-electron chi connectivity index (χ2n) is 5.57. The summed E-state index contributed by atoms with van der Waals surface area (Å²) < 4.78 is 5.72. The Morgan fingerprint density at radius 2 is 1.78 bits per heavy atom. The number of benzene rings is 2. The van der Waals surface area contributed by atoms with E-state index in [0.717, 1.165) is 23.5 Å². The average Bonchev–Trinajstić information content (AvgIpc) is 2.57. The second-order valence-corrected chi connectivity index (χ2v) is 5.57. The molecule has 2 rings (SSSR count). The fourth-order valence-corrected chi connectivity index (χ4v) is 2.23. The fourth-order valence-electron chi connectivity index (χ4n) is 2.23. The summed E-state index contributed by atoms with van der Waals surface area (Å²) in [7, 11) is 2.01. The Kier molecular flexibility index (Phi) is 6.03. The lowest BCUT2D eigenvalue weighted by atomic mass is 10.2. The summed E-state index contributed by atoms with van der Waals surface area (Å²) in [6.45, 7) is 5.05. The van der Waals surface area contributed by atoms with Crippen LogP contribution in [0, 0.1) is 6.92 Å². The van der Waals surface area contributed by atoms with Gasteiger partial charge < -0.3 is 15.0 Å². The van der Waals surface area contributed by atoms with Gasteiger partial charge in [0.25, 0.3) is 5.91 Å². The number of nitrogens with one attached hydrogen (secondary N) is 1. The maximum Gasteiger partial charge on any atom is 0.260 e. The van der Waals surface area contributed by atoms with Crippen LogP contribution in [-0.2, 0) is 4.79 Å². The third-order valence-corrected chi connectivity index (χ3v) is 3.71. The minimum atomic E-state index is -0.516. The van der Waals surface area contributed by atoms with Crippen LogP contribution >= 0.6 is 0 Å². The van der Waals surface area contributed by atoms with E-state index < -0.39 is 6.10 Å². The van der Waals surface area contributed by atoms with Crippen LogP contribution in [0.25, 0.3) is 0 Å². The molecule has 0 radical (unpaired) electrons. The van der Waals surface area contributed by atoms with Crippen LogP contribution < -0.4 is 15.0 Å². The van der Waals surface area contributed by atoms with Gasteiger partial charge in [-0.2, -0.15) is 0 Å². The number of likely N-dealkylation sites (N-methyl/N-ethyl adjacent to an activating group) is 1. The predicted octanol–water partition coefficient (Wildman–Crippen LogP) is 3.01. The van der Waals surface area contributed by atoms with E-state index in [1.807, 2.05) is 68.6 Å². The molecule has 0 aliphatic carbocycles. The van der Waals surface area contributed by atoms with Crippen LogP contribution in [0.4, 0.5) is 5.69 Å². The monoisotopic (exact) mass is 312 g/mol. The first kappa shape index (κ1) is 16.9. The molecule has 0 saturated heterocycles. The van der Waals surface area contributed by atoms with Crippen molar-refractivity contribution in [2.45, 2.75) is 20.0 Å². The molecule has 23 heavy (non-hydrogen) atoms. The molecule has 0 heterocycles. The number of anilines is 1. The van der Waals surface area contributed by atoms with Gasteiger partial charge in [0.05, 0.1) is 0 Å². The van der Waals surface area contributed by atoms with Gasteiger partial charge in [-0.1, -0.05) is 36.4 Å². The first-order valence-electron chi connectivity index (χ1n) is 7.84. The summed E-state index contributed by atoms with van der Waals surface area (Å²) in [4.78, 5) is 14.2.